The molecule has 0 radical (unpaired) electrons. The summed E-state index contributed by atoms with van der Waals surface area (Å²) in [5.41, 5.74) is 1.73. The minimum absolute atomic E-state index is 0.0989. The average molecular weight is 313 g/mol. The van der Waals surface area contributed by atoms with Gasteiger partial charge in [-0.1, -0.05) is 6.07 Å². The smallest absolute Gasteiger partial charge is 0.274 e. The Labute approximate surface area is 131 Å². The van der Waals surface area contributed by atoms with Gasteiger partial charge in [0.15, 0.2) is 0 Å². The van der Waals surface area contributed by atoms with Crippen molar-refractivity contribution >= 4 is 11.6 Å². The number of benzene rings is 2. The molecule has 0 saturated carbocycles. The number of imidazole rings is 1. The van der Waals surface area contributed by atoms with Crippen LogP contribution < -0.4 is 5.32 Å². The highest BCUT2D eigenvalue weighted by Crippen LogP contribution is 2.18. The second-order valence-electron chi connectivity index (χ2n) is 5.06. The van der Waals surface area contributed by atoms with Gasteiger partial charge in [0.1, 0.15) is 17.3 Å². The first kappa shape index (κ1) is 14.9. The van der Waals surface area contributed by atoms with Crippen molar-refractivity contribution in [3.8, 4) is 5.69 Å². The van der Waals surface area contributed by atoms with E-state index in [9.17, 15) is 13.6 Å². The number of anilines is 1. The fourth-order valence-electron chi connectivity index (χ4n) is 2.19. The molecule has 116 valence electrons. The zero-order valence-corrected chi connectivity index (χ0v) is 12.3. The molecule has 1 N–H and O–H groups in total. The van der Waals surface area contributed by atoms with Gasteiger partial charge in [-0.15, -0.1) is 0 Å². The predicted molar refractivity (Wildman–Crippen MR) is 82.6 cm³/mol. The first-order valence-corrected chi connectivity index (χ1v) is 6.90. The van der Waals surface area contributed by atoms with E-state index < -0.39 is 11.7 Å². The Balaban J connectivity index is 1.91. The molecule has 0 aliphatic rings. The Hall–Kier alpha value is -3.02. The monoisotopic (exact) mass is 313 g/mol. The molecule has 2 aromatic carbocycles. The van der Waals surface area contributed by atoms with Crippen molar-refractivity contribution < 1.29 is 13.6 Å². The molecular weight excluding hydrogens is 300 g/mol. The van der Waals surface area contributed by atoms with Gasteiger partial charge < -0.3 is 5.32 Å². The predicted octanol–water partition coefficient (Wildman–Crippen LogP) is 3.71. The highest BCUT2D eigenvalue weighted by Gasteiger charge is 2.15. The topological polar surface area (TPSA) is 46.9 Å². The van der Waals surface area contributed by atoms with Crippen LogP contribution in [0, 0.1) is 18.6 Å². The van der Waals surface area contributed by atoms with Gasteiger partial charge in [-0.3, -0.25) is 9.36 Å². The molecule has 0 unspecified atom stereocenters. The van der Waals surface area contributed by atoms with Gasteiger partial charge >= 0.3 is 0 Å². The van der Waals surface area contributed by atoms with Crippen LogP contribution in [0.25, 0.3) is 5.69 Å². The first-order valence-electron chi connectivity index (χ1n) is 6.90. The molecule has 0 aliphatic carbocycles. The Bertz CT molecular complexity index is 857. The maximum Gasteiger partial charge on any atom is 0.274 e. The van der Waals surface area contributed by atoms with E-state index >= 15 is 0 Å². The summed E-state index contributed by atoms with van der Waals surface area (Å²) in [5.74, 6) is -1.39. The summed E-state index contributed by atoms with van der Waals surface area (Å²) in [6, 6.07) is 10.1. The van der Waals surface area contributed by atoms with Crippen LogP contribution in [0.15, 0.2) is 55.0 Å². The summed E-state index contributed by atoms with van der Waals surface area (Å²) >= 11 is 0. The number of halogens is 2. The summed E-state index contributed by atoms with van der Waals surface area (Å²) in [6.07, 6.45) is 2.81. The van der Waals surface area contributed by atoms with Gasteiger partial charge in [-0.25, -0.2) is 13.8 Å². The summed E-state index contributed by atoms with van der Waals surface area (Å²) in [4.78, 5) is 16.3. The molecule has 1 aromatic heterocycles. The molecule has 1 amide bonds. The lowest BCUT2D eigenvalue weighted by atomic mass is 10.2. The average Bonchev–Trinajstić information content (AvgIpc) is 3.01. The third kappa shape index (κ3) is 3.11. The van der Waals surface area contributed by atoms with Gasteiger partial charge in [-0.05, 0) is 48.9 Å². The SMILES string of the molecule is Cc1ccc(F)c(NC(=O)c2cncn2-c2ccc(F)cc2)c1. The van der Waals surface area contributed by atoms with E-state index in [1.807, 2.05) is 0 Å². The molecule has 0 atom stereocenters. The van der Waals surface area contributed by atoms with Crippen molar-refractivity contribution in [2.75, 3.05) is 5.32 Å². The number of aromatic nitrogens is 2. The van der Waals surface area contributed by atoms with Crippen LogP contribution in [0.2, 0.25) is 0 Å². The minimum Gasteiger partial charge on any atom is -0.318 e. The quantitative estimate of drug-likeness (QED) is 0.801. The number of nitrogens with zero attached hydrogens (tertiary/aromatic N) is 2. The summed E-state index contributed by atoms with van der Waals surface area (Å²) in [7, 11) is 0. The van der Waals surface area contributed by atoms with Crippen LogP contribution in [0.4, 0.5) is 14.5 Å². The van der Waals surface area contributed by atoms with Crippen LogP contribution in [0.3, 0.4) is 0 Å². The molecule has 3 aromatic rings. The molecule has 4 nitrogen and oxygen atoms in total. The van der Waals surface area contributed by atoms with Gasteiger partial charge in [0.05, 0.1) is 18.2 Å². The molecule has 0 aliphatic heterocycles. The molecule has 1 heterocycles. The maximum atomic E-state index is 13.8. The summed E-state index contributed by atoms with van der Waals surface area (Å²) < 4.78 is 28.3. The third-order valence-electron chi connectivity index (χ3n) is 3.35. The zero-order chi connectivity index (χ0) is 16.4. The normalized spacial score (nSPS) is 10.6. The largest absolute Gasteiger partial charge is 0.318 e. The maximum absolute atomic E-state index is 13.8. The van der Waals surface area contributed by atoms with Crippen molar-refractivity contribution in [3.05, 3.63) is 77.9 Å². The lowest BCUT2D eigenvalue weighted by molar-refractivity contribution is 0.102. The van der Waals surface area contributed by atoms with Gasteiger partial charge in [0.25, 0.3) is 5.91 Å². The number of carbonyl (C=O) groups is 1. The number of carbonyl (C=O) groups excluding carboxylic acids is 1. The van der Waals surface area contributed by atoms with Crippen molar-refractivity contribution in [3.63, 3.8) is 0 Å². The fourth-order valence-corrected chi connectivity index (χ4v) is 2.19. The van der Waals surface area contributed by atoms with E-state index in [1.54, 1.807) is 19.1 Å². The standard InChI is InChI=1S/C17H13F2N3O/c1-11-2-7-14(19)15(8-11)21-17(23)16-9-20-10-22(16)13-5-3-12(18)4-6-13/h2-10H,1H3,(H,21,23). The Morgan fingerprint density at radius 1 is 1.13 bits per heavy atom. The Morgan fingerprint density at radius 3 is 2.61 bits per heavy atom. The van der Waals surface area contributed by atoms with Gasteiger partial charge in [0.2, 0.25) is 0 Å². The van der Waals surface area contributed by atoms with Crippen molar-refractivity contribution in [1.29, 1.82) is 0 Å². The van der Waals surface area contributed by atoms with E-state index in [0.717, 1.165) is 5.56 Å². The highest BCUT2D eigenvalue weighted by molar-refractivity contribution is 6.03. The molecule has 23 heavy (non-hydrogen) atoms. The van der Waals surface area contributed by atoms with Crippen molar-refractivity contribution in [2.45, 2.75) is 6.92 Å². The van der Waals surface area contributed by atoms with Gasteiger partial charge in [-0.2, -0.15) is 0 Å². The lowest BCUT2D eigenvalue weighted by Gasteiger charge is -2.10. The van der Waals surface area contributed by atoms with E-state index in [0.29, 0.717) is 5.69 Å². The Morgan fingerprint density at radius 2 is 1.87 bits per heavy atom. The van der Waals surface area contributed by atoms with Crippen LogP contribution in [-0.4, -0.2) is 15.5 Å². The molecule has 0 fully saturated rings. The molecule has 6 heteroatoms. The number of amides is 1. The molecule has 0 spiro atoms. The Kier molecular flexibility index (Phi) is 3.89. The number of rotatable bonds is 3. The number of nitrogens with one attached hydrogen (secondary N) is 1. The summed E-state index contributed by atoms with van der Waals surface area (Å²) in [6.45, 7) is 1.80. The second-order valence-corrected chi connectivity index (χ2v) is 5.06. The highest BCUT2D eigenvalue weighted by atomic mass is 19.1. The van der Waals surface area contributed by atoms with Crippen LogP contribution in [0.5, 0.6) is 0 Å². The van der Waals surface area contributed by atoms with E-state index in [2.05, 4.69) is 10.3 Å². The minimum atomic E-state index is -0.517. The van der Waals surface area contributed by atoms with Crippen molar-refractivity contribution in [2.24, 2.45) is 0 Å². The van der Waals surface area contributed by atoms with E-state index in [4.69, 9.17) is 0 Å². The summed E-state index contributed by atoms with van der Waals surface area (Å²) in [5, 5.41) is 2.53. The molecule has 0 saturated heterocycles. The fraction of sp³-hybridized carbons (Fsp3) is 0.0588. The molecule has 0 bridgehead atoms. The van der Waals surface area contributed by atoms with Crippen LogP contribution >= 0.6 is 0 Å². The number of hydrogen-bond acceptors (Lipinski definition) is 2. The van der Waals surface area contributed by atoms with E-state index in [1.165, 1.54) is 47.4 Å². The van der Waals surface area contributed by atoms with Crippen molar-refractivity contribution in [1.82, 2.24) is 9.55 Å². The van der Waals surface area contributed by atoms with E-state index in [-0.39, 0.29) is 17.2 Å². The first-order chi connectivity index (χ1) is 11.0. The van der Waals surface area contributed by atoms with Crippen LogP contribution in [-0.2, 0) is 0 Å². The number of aryl methyl sites for hydroxylation is 1. The molecule has 3 rings (SSSR count). The van der Waals surface area contributed by atoms with Crippen LogP contribution in [0.1, 0.15) is 16.1 Å². The molecular formula is C17H13F2N3O. The number of hydrogen-bond donors (Lipinski definition) is 1. The lowest BCUT2D eigenvalue weighted by Crippen LogP contribution is -2.17. The van der Waals surface area contributed by atoms with Gasteiger partial charge in [0, 0.05) is 5.69 Å². The third-order valence-corrected chi connectivity index (χ3v) is 3.35. The zero-order valence-electron chi connectivity index (χ0n) is 12.3. The second kappa shape index (κ2) is 6.00.